The molecule has 1 aromatic carbocycles. The molecule has 1 aromatic rings. The summed E-state index contributed by atoms with van der Waals surface area (Å²) >= 11 is 0. The Morgan fingerprint density at radius 3 is 1.90 bits per heavy atom. The second-order valence-corrected chi connectivity index (χ2v) is 7.67. The Kier molecular flexibility index (Phi) is 9.30. The quantitative estimate of drug-likeness (QED) is 0.698. The van der Waals surface area contributed by atoms with Crippen molar-refractivity contribution in [3.05, 3.63) is 29.8 Å². The molecule has 2 aliphatic rings. The highest BCUT2D eigenvalue weighted by atomic mass is 16.5. The summed E-state index contributed by atoms with van der Waals surface area (Å²) in [6.07, 6.45) is 6.43. The van der Waals surface area contributed by atoms with E-state index in [1.165, 1.54) is 12.8 Å². The third kappa shape index (κ3) is 7.27. The molecule has 0 aliphatic carbocycles. The molecule has 2 saturated heterocycles. The van der Waals surface area contributed by atoms with Crippen molar-refractivity contribution in [2.24, 2.45) is 5.92 Å². The molecule has 3 rings (SSSR count). The highest BCUT2D eigenvalue weighted by molar-refractivity contribution is 6.27. The number of likely N-dealkylation sites (tertiary alicyclic amines) is 2. The molecule has 0 spiro atoms. The zero-order chi connectivity index (χ0) is 22.8. The molecule has 9 nitrogen and oxygen atoms in total. The van der Waals surface area contributed by atoms with Crippen LogP contribution in [-0.4, -0.2) is 77.1 Å². The number of carbonyl (C=O) groups is 4. The molecule has 170 valence electrons. The van der Waals surface area contributed by atoms with E-state index in [1.807, 2.05) is 9.80 Å². The minimum Gasteiger partial charge on any atom is -0.497 e. The van der Waals surface area contributed by atoms with Gasteiger partial charge in [0.1, 0.15) is 5.75 Å². The Morgan fingerprint density at radius 2 is 1.39 bits per heavy atom. The number of hydrogen-bond donors (Lipinski definition) is 2. The number of piperidine rings is 1. The average molecular weight is 434 g/mol. The van der Waals surface area contributed by atoms with Crippen LogP contribution in [0.5, 0.6) is 5.75 Å². The Morgan fingerprint density at radius 1 is 0.839 bits per heavy atom. The number of amides is 2. The molecule has 9 heteroatoms. The molecule has 2 N–H and O–H groups in total. The molecular formula is C22H30N2O7. The number of rotatable bonds is 3. The average Bonchev–Trinajstić information content (AvgIpc) is 3.08. The van der Waals surface area contributed by atoms with E-state index < -0.39 is 11.9 Å². The van der Waals surface area contributed by atoms with Crippen LogP contribution in [0, 0.1) is 5.92 Å². The fraction of sp³-hybridized carbons (Fsp3) is 0.545. The molecule has 1 unspecified atom stereocenters. The number of hydrogen-bond acceptors (Lipinski definition) is 5. The van der Waals surface area contributed by atoms with Crippen molar-refractivity contribution in [2.45, 2.75) is 38.5 Å². The Hall–Kier alpha value is -3.10. The van der Waals surface area contributed by atoms with E-state index in [4.69, 9.17) is 24.5 Å². The third-order valence-electron chi connectivity index (χ3n) is 5.50. The van der Waals surface area contributed by atoms with Crippen LogP contribution < -0.4 is 4.74 Å². The van der Waals surface area contributed by atoms with Crippen LogP contribution in [-0.2, 0) is 14.4 Å². The fourth-order valence-electron chi connectivity index (χ4n) is 3.83. The van der Waals surface area contributed by atoms with Gasteiger partial charge in [-0.15, -0.1) is 0 Å². The lowest BCUT2D eigenvalue weighted by molar-refractivity contribution is -0.159. The molecule has 0 radical (unpaired) electrons. The molecule has 2 fully saturated rings. The topological polar surface area (TPSA) is 124 Å². The maximum Gasteiger partial charge on any atom is 0.414 e. The van der Waals surface area contributed by atoms with Crippen molar-refractivity contribution in [3.8, 4) is 5.75 Å². The summed E-state index contributed by atoms with van der Waals surface area (Å²) in [6.45, 7) is 3.03. The number of aliphatic carboxylic acids is 2. The first-order valence-corrected chi connectivity index (χ1v) is 10.5. The van der Waals surface area contributed by atoms with Crippen LogP contribution in [0.4, 0.5) is 0 Å². The zero-order valence-electron chi connectivity index (χ0n) is 17.8. The molecule has 2 aliphatic heterocycles. The van der Waals surface area contributed by atoms with Gasteiger partial charge in [0, 0.05) is 31.7 Å². The van der Waals surface area contributed by atoms with E-state index in [-0.39, 0.29) is 17.7 Å². The van der Waals surface area contributed by atoms with E-state index in [1.54, 1.807) is 31.4 Å². The van der Waals surface area contributed by atoms with E-state index in [0.29, 0.717) is 12.1 Å². The lowest BCUT2D eigenvalue weighted by Gasteiger charge is -2.35. The van der Waals surface area contributed by atoms with Crippen molar-refractivity contribution >= 4 is 23.8 Å². The first kappa shape index (κ1) is 24.2. The van der Waals surface area contributed by atoms with Gasteiger partial charge in [0.2, 0.25) is 5.91 Å². The largest absolute Gasteiger partial charge is 0.497 e. The SMILES string of the molecule is COc1ccc(C(=O)N2CCCC(C(=O)N3CCCCCC3)C2)cc1.O=C(O)C(=O)O. The number of carboxylic acids is 2. The first-order valence-electron chi connectivity index (χ1n) is 10.5. The highest BCUT2D eigenvalue weighted by Gasteiger charge is 2.31. The predicted molar refractivity (Wildman–Crippen MR) is 112 cm³/mol. The second kappa shape index (κ2) is 11.9. The van der Waals surface area contributed by atoms with Gasteiger partial charge in [0.15, 0.2) is 0 Å². The van der Waals surface area contributed by atoms with Gasteiger partial charge in [0.05, 0.1) is 13.0 Å². The van der Waals surface area contributed by atoms with Crippen LogP contribution in [0.25, 0.3) is 0 Å². The van der Waals surface area contributed by atoms with Crippen molar-refractivity contribution < 1.29 is 34.1 Å². The van der Waals surface area contributed by atoms with Gasteiger partial charge < -0.3 is 24.7 Å². The van der Waals surface area contributed by atoms with Gasteiger partial charge >= 0.3 is 11.9 Å². The summed E-state index contributed by atoms with van der Waals surface area (Å²) in [6, 6.07) is 7.19. The predicted octanol–water partition coefficient (Wildman–Crippen LogP) is 2.11. The van der Waals surface area contributed by atoms with Crippen LogP contribution >= 0.6 is 0 Å². The van der Waals surface area contributed by atoms with Gasteiger partial charge in [-0.2, -0.15) is 0 Å². The van der Waals surface area contributed by atoms with Gasteiger partial charge in [0.25, 0.3) is 5.91 Å². The number of nitrogens with zero attached hydrogens (tertiary/aromatic N) is 2. The highest BCUT2D eigenvalue weighted by Crippen LogP contribution is 2.23. The molecule has 0 saturated carbocycles. The van der Waals surface area contributed by atoms with Gasteiger partial charge in [-0.05, 0) is 49.9 Å². The lowest BCUT2D eigenvalue weighted by atomic mass is 9.95. The Balaban J connectivity index is 0.000000501. The molecular weight excluding hydrogens is 404 g/mol. The van der Waals surface area contributed by atoms with Crippen LogP contribution in [0.15, 0.2) is 24.3 Å². The van der Waals surface area contributed by atoms with Crippen LogP contribution in [0.3, 0.4) is 0 Å². The summed E-state index contributed by atoms with van der Waals surface area (Å²) in [5.41, 5.74) is 0.656. The molecule has 2 heterocycles. The van der Waals surface area contributed by atoms with Gasteiger partial charge in [-0.3, -0.25) is 9.59 Å². The molecule has 1 atom stereocenters. The van der Waals surface area contributed by atoms with Crippen molar-refractivity contribution in [3.63, 3.8) is 0 Å². The molecule has 0 bridgehead atoms. The molecule has 0 aromatic heterocycles. The van der Waals surface area contributed by atoms with E-state index in [2.05, 4.69) is 0 Å². The van der Waals surface area contributed by atoms with E-state index >= 15 is 0 Å². The van der Waals surface area contributed by atoms with E-state index in [0.717, 1.165) is 51.1 Å². The van der Waals surface area contributed by atoms with Gasteiger partial charge in [-0.25, -0.2) is 9.59 Å². The lowest BCUT2D eigenvalue weighted by Crippen LogP contribution is -2.47. The van der Waals surface area contributed by atoms with E-state index in [9.17, 15) is 9.59 Å². The maximum atomic E-state index is 12.9. The van der Waals surface area contributed by atoms with Crippen LogP contribution in [0.2, 0.25) is 0 Å². The first-order chi connectivity index (χ1) is 14.8. The summed E-state index contributed by atoms with van der Waals surface area (Å²) in [5, 5.41) is 14.8. The van der Waals surface area contributed by atoms with Crippen molar-refractivity contribution in [1.29, 1.82) is 0 Å². The number of carboxylic acid groups (broad SMARTS) is 2. The monoisotopic (exact) mass is 434 g/mol. The minimum absolute atomic E-state index is 0.0102. The fourth-order valence-corrected chi connectivity index (χ4v) is 3.83. The summed E-state index contributed by atoms with van der Waals surface area (Å²) in [7, 11) is 1.61. The Labute approximate surface area is 181 Å². The zero-order valence-corrected chi connectivity index (χ0v) is 17.8. The summed E-state index contributed by atoms with van der Waals surface area (Å²) < 4.78 is 5.15. The third-order valence-corrected chi connectivity index (χ3v) is 5.50. The van der Waals surface area contributed by atoms with Crippen molar-refractivity contribution in [2.75, 3.05) is 33.3 Å². The number of methoxy groups -OCH3 is 1. The summed E-state index contributed by atoms with van der Waals surface area (Å²) in [5.74, 6) is -2.70. The standard InChI is InChI=1S/C20H28N2O3.C2H2O4/c1-25-18-10-8-16(9-11-18)19(23)22-14-6-7-17(15-22)20(24)21-12-4-2-3-5-13-21;3-1(4)2(5)6/h8-11,17H,2-7,12-15H2,1H3;(H,3,4)(H,5,6). The van der Waals surface area contributed by atoms with Gasteiger partial charge in [-0.1, -0.05) is 12.8 Å². The maximum absolute atomic E-state index is 12.9. The number of benzene rings is 1. The second-order valence-electron chi connectivity index (χ2n) is 7.67. The molecule has 2 amide bonds. The number of ether oxygens (including phenoxy) is 1. The van der Waals surface area contributed by atoms with Crippen molar-refractivity contribution in [1.82, 2.24) is 9.80 Å². The summed E-state index contributed by atoms with van der Waals surface area (Å²) in [4.78, 5) is 47.7. The normalized spacial score (nSPS) is 18.8. The Bertz CT molecular complexity index is 759. The molecule has 31 heavy (non-hydrogen) atoms. The number of carbonyl (C=O) groups excluding carboxylic acids is 2. The smallest absolute Gasteiger partial charge is 0.414 e. The minimum atomic E-state index is -1.82. The van der Waals surface area contributed by atoms with Crippen LogP contribution in [0.1, 0.15) is 48.9 Å².